The topological polar surface area (TPSA) is 37.4 Å². The second-order valence-electron chi connectivity index (χ2n) is 7.33. The van der Waals surface area contributed by atoms with E-state index in [1.807, 2.05) is 24.3 Å². The van der Waals surface area contributed by atoms with Crippen LogP contribution in [-0.4, -0.2) is 11.8 Å². The first-order chi connectivity index (χ1) is 11.0. The smallest absolute Gasteiger partial charge is 0.238 e. The summed E-state index contributed by atoms with van der Waals surface area (Å²) in [6.45, 7) is 6.35. The number of anilines is 1. The molecule has 2 amide bonds. The van der Waals surface area contributed by atoms with E-state index in [0.29, 0.717) is 11.8 Å². The summed E-state index contributed by atoms with van der Waals surface area (Å²) in [5, 5.41) is 0. The molecule has 1 saturated heterocycles. The van der Waals surface area contributed by atoms with E-state index in [9.17, 15) is 9.59 Å². The molecule has 2 aliphatic carbocycles. The molecule has 1 heterocycles. The standard InChI is InChI=1S/C20H23NO2/c1-4-12-5-7-13(8-6-12)21-19(22)17-14-9-10-15(16(14)11(2)3)18(17)20(21)23/h5-8,14-15,17-18H,4,9-10H2,1-3H3/t14-,15-,17+,18+/m1/s1. The Morgan fingerprint density at radius 1 is 1.00 bits per heavy atom. The van der Waals surface area contributed by atoms with E-state index >= 15 is 0 Å². The molecule has 3 fully saturated rings. The number of allylic oxidation sites excluding steroid dienone is 2. The van der Waals surface area contributed by atoms with E-state index in [1.54, 1.807) is 0 Å². The van der Waals surface area contributed by atoms with Gasteiger partial charge < -0.3 is 0 Å². The van der Waals surface area contributed by atoms with Crippen LogP contribution in [0.5, 0.6) is 0 Å². The number of hydrogen-bond acceptors (Lipinski definition) is 2. The summed E-state index contributed by atoms with van der Waals surface area (Å²) in [4.78, 5) is 27.4. The van der Waals surface area contributed by atoms with Gasteiger partial charge in [-0.1, -0.05) is 30.2 Å². The minimum Gasteiger partial charge on any atom is -0.274 e. The molecule has 3 heteroatoms. The van der Waals surface area contributed by atoms with Crippen molar-refractivity contribution in [1.82, 2.24) is 0 Å². The molecule has 4 atom stereocenters. The van der Waals surface area contributed by atoms with Gasteiger partial charge in [0.25, 0.3) is 0 Å². The van der Waals surface area contributed by atoms with Crippen molar-refractivity contribution < 1.29 is 9.59 Å². The average molecular weight is 309 g/mol. The molecule has 4 rings (SSSR count). The highest BCUT2D eigenvalue weighted by molar-refractivity contribution is 6.23. The molecule has 1 aromatic rings. The maximum atomic E-state index is 13.0. The fourth-order valence-corrected chi connectivity index (χ4v) is 5.13. The fourth-order valence-electron chi connectivity index (χ4n) is 5.13. The second kappa shape index (κ2) is 5.05. The van der Waals surface area contributed by atoms with E-state index in [0.717, 1.165) is 24.9 Å². The molecular formula is C20H23NO2. The molecule has 0 N–H and O–H groups in total. The number of fused-ring (bicyclic) bond motifs is 5. The van der Waals surface area contributed by atoms with Crippen LogP contribution >= 0.6 is 0 Å². The number of nitrogens with zero attached hydrogens (tertiary/aromatic N) is 1. The number of benzene rings is 1. The van der Waals surface area contributed by atoms with Crippen LogP contribution in [0.25, 0.3) is 0 Å². The lowest BCUT2D eigenvalue weighted by atomic mass is 9.81. The van der Waals surface area contributed by atoms with Crippen LogP contribution in [0.3, 0.4) is 0 Å². The van der Waals surface area contributed by atoms with Crippen LogP contribution in [0.4, 0.5) is 5.69 Å². The summed E-state index contributed by atoms with van der Waals surface area (Å²) in [7, 11) is 0. The third-order valence-corrected chi connectivity index (χ3v) is 6.03. The van der Waals surface area contributed by atoms with Gasteiger partial charge in [0.2, 0.25) is 11.8 Å². The summed E-state index contributed by atoms with van der Waals surface area (Å²) < 4.78 is 0. The highest BCUT2D eigenvalue weighted by Gasteiger charge is 2.63. The van der Waals surface area contributed by atoms with E-state index in [2.05, 4.69) is 20.8 Å². The summed E-state index contributed by atoms with van der Waals surface area (Å²) >= 11 is 0. The number of amides is 2. The van der Waals surface area contributed by atoms with Crippen LogP contribution < -0.4 is 4.90 Å². The maximum Gasteiger partial charge on any atom is 0.238 e. The average Bonchev–Trinajstić information content (AvgIpc) is 3.18. The zero-order valence-corrected chi connectivity index (χ0v) is 14.0. The summed E-state index contributed by atoms with van der Waals surface area (Å²) in [5.74, 6) is 0.414. The predicted octanol–water partition coefficient (Wildman–Crippen LogP) is 3.73. The zero-order valence-electron chi connectivity index (χ0n) is 14.0. The predicted molar refractivity (Wildman–Crippen MR) is 89.9 cm³/mol. The molecule has 3 aliphatic rings. The van der Waals surface area contributed by atoms with Gasteiger partial charge in [0, 0.05) is 0 Å². The van der Waals surface area contributed by atoms with Crippen molar-refractivity contribution in [2.24, 2.45) is 23.7 Å². The molecule has 2 bridgehead atoms. The van der Waals surface area contributed by atoms with Gasteiger partial charge in [-0.3, -0.25) is 14.5 Å². The first-order valence-electron chi connectivity index (χ1n) is 8.68. The molecule has 3 nitrogen and oxygen atoms in total. The SMILES string of the molecule is CCc1ccc(N2C(=O)[C@@H]3[C@@H](C2=O)[C@@H]2CC[C@@H]3C2=C(C)C)cc1. The molecular weight excluding hydrogens is 286 g/mol. The summed E-state index contributed by atoms with van der Waals surface area (Å²) in [5.41, 5.74) is 4.68. The van der Waals surface area contributed by atoms with E-state index in [-0.39, 0.29) is 23.7 Å². The minimum absolute atomic E-state index is 0.0233. The Morgan fingerprint density at radius 2 is 1.52 bits per heavy atom. The highest BCUT2D eigenvalue weighted by atomic mass is 16.2. The van der Waals surface area contributed by atoms with Crippen LogP contribution in [-0.2, 0) is 16.0 Å². The normalized spacial score (nSPS) is 32.0. The zero-order chi connectivity index (χ0) is 16.3. The quantitative estimate of drug-likeness (QED) is 0.616. The molecule has 23 heavy (non-hydrogen) atoms. The highest BCUT2D eigenvalue weighted by Crippen LogP contribution is 2.60. The number of aryl methyl sites for hydroxylation is 1. The van der Waals surface area contributed by atoms with Gasteiger partial charge in [-0.15, -0.1) is 0 Å². The molecule has 0 aromatic heterocycles. The van der Waals surface area contributed by atoms with Gasteiger partial charge in [-0.05, 0) is 62.6 Å². The Morgan fingerprint density at radius 3 is 1.96 bits per heavy atom. The van der Waals surface area contributed by atoms with Crippen LogP contribution in [0.15, 0.2) is 35.4 Å². The second-order valence-corrected chi connectivity index (χ2v) is 7.33. The van der Waals surface area contributed by atoms with Gasteiger partial charge in [-0.2, -0.15) is 0 Å². The molecule has 0 unspecified atom stereocenters. The number of hydrogen-bond donors (Lipinski definition) is 0. The third kappa shape index (κ3) is 1.89. The van der Waals surface area contributed by atoms with E-state index < -0.39 is 0 Å². The van der Waals surface area contributed by atoms with Crippen molar-refractivity contribution in [3.63, 3.8) is 0 Å². The molecule has 2 saturated carbocycles. The van der Waals surface area contributed by atoms with Crippen LogP contribution in [0.2, 0.25) is 0 Å². The Bertz CT molecular complexity index is 680. The molecule has 0 radical (unpaired) electrons. The van der Waals surface area contributed by atoms with Crippen LogP contribution in [0.1, 0.15) is 39.2 Å². The number of carbonyl (C=O) groups excluding carboxylic acids is 2. The van der Waals surface area contributed by atoms with Gasteiger partial charge in [-0.25, -0.2) is 0 Å². The van der Waals surface area contributed by atoms with Gasteiger partial charge >= 0.3 is 0 Å². The van der Waals surface area contributed by atoms with Crippen molar-refractivity contribution in [1.29, 1.82) is 0 Å². The molecule has 1 aromatic carbocycles. The Kier molecular flexibility index (Phi) is 3.22. The number of imide groups is 1. The van der Waals surface area contributed by atoms with E-state index in [1.165, 1.54) is 21.6 Å². The lowest BCUT2D eigenvalue weighted by Crippen LogP contribution is -2.33. The third-order valence-electron chi connectivity index (χ3n) is 6.03. The van der Waals surface area contributed by atoms with Gasteiger partial charge in [0.05, 0.1) is 17.5 Å². The largest absolute Gasteiger partial charge is 0.274 e. The van der Waals surface area contributed by atoms with Crippen molar-refractivity contribution in [3.8, 4) is 0 Å². The summed E-state index contributed by atoms with van der Waals surface area (Å²) in [6.07, 6.45) is 3.09. The number of rotatable bonds is 2. The molecule has 0 spiro atoms. The van der Waals surface area contributed by atoms with Crippen LogP contribution in [0, 0.1) is 23.7 Å². The lowest BCUT2D eigenvalue weighted by molar-refractivity contribution is -0.123. The monoisotopic (exact) mass is 309 g/mol. The fraction of sp³-hybridized carbons (Fsp3) is 0.500. The first kappa shape index (κ1) is 14.7. The van der Waals surface area contributed by atoms with E-state index in [4.69, 9.17) is 0 Å². The van der Waals surface area contributed by atoms with Gasteiger partial charge in [0.1, 0.15) is 0 Å². The van der Waals surface area contributed by atoms with Crippen molar-refractivity contribution in [2.45, 2.75) is 40.0 Å². The molecule has 1 aliphatic heterocycles. The van der Waals surface area contributed by atoms with Crippen molar-refractivity contribution in [2.75, 3.05) is 4.90 Å². The van der Waals surface area contributed by atoms with Crippen molar-refractivity contribution >= 4 is 17.5 Å². The minimum atomic E-state index is -0.114. The van der Waals surface area contributed by atoms with Gasteiger partial charge in [0.15, 0.2) is 0 Å². The Hall–Kier alpha value is -1.90. The lowest BCUT2D eigenvalue weighted by Gasteiger charge is -2.19. The maximum absolute atomic E-state index is 13.0. The van der Waals surface area contributed by atoms with Crippen molar-refractivity contribution in [3.05, 3.63) is 41.0 Å². The Labute approximate surface area is 137 Å². The Balaban J connectivity index is 1.71. The first-order valence-corrected chi connectivity index (χ1v) is 8.68. The number of carbonyl (C=O) groups is 2. The molecule has 120 valence electrons. The summed E-state index contributed by atoms with van der Waals surface area (Å²) in [6, 6.07) is 7.86.